The lowest BCUT2D eigenvalue weighted by Crippen LogP contribution is -2.16. The molecule has 0 amide bonds. The van der Waals surface area contributed by atoms with Gasteiger partial charge in [-0.15, -0.1) is 11.8 Å². The second kappa shape index (κ2) is 7.87. The van der Waals surface area contributed by atoms with Gasteiger partial charge in [-0.3, -0.25) is 4.79 Å². The van der Waals surface area contributed by atoms with Gasteiger partial charge < -0.3 is 15.1 Å². The van der Waals surface area contributed by atoms with Crippen LogP contribution in [-0.4, -0.2) is 34.4 Å². The third-order valence-corrected chi connectivity index (χ3v) is 4.92. The minimum atomic E-state index is -0.282. The SMILES string of the molecule is COC(=O)CCC(Sc1ccc2cc(O)ccc2c1)/C(C)=N\O. The highest BCUT2D eigenvalue weighted by atomic mass is 32.2. The molecule has 1 atom stereocenters. The first-order chi connectivity index (χ1) is 11.0. The minimum Gasteiger partial charge on any atom is -0.508 e. The number of rotatable bonds is 6. The van der Waals surface area contributed by atoms with Crippen molar-refractivity contribution in [2.75, 3.05) is 7.11 Å². The molecular formula is C17H19NO4S. The molecule has 0 saturated carbocycles. The van der Waals surface area contributed by atoms with Gasteiger partial charge in [0.2, 0.25) is 0 Å². The van der Waals surface area contributed by atoms with Crippen LogP contribution in [0.15, 0.2) is 46.4 Å². The molecule has 0 aliphatic carbocycles. The maximum atomic E-state index is 11.3. The Morgan fingerprint density at radius 1 is 1.26 bits per heavy atom. The molecule has 0 radical (unpaired) electrons. The average molecular weight is 333 g/mol. The van der Waals surface area contributed by atoms with Gasteiger partial charge in [-0.25, -0.2) is 0 Å². The van der Waals surface area contributed by atoms with Gasteiger partial charge in [0, 0.05) is 11.3 Å². The van der Waals surface area contributed by atoms with Gasteiger partial charge in [0.05, 0.1) is 18.1 Å². The first-order valence-corrected chi connectivity index (χ1v) is 8.06. The van der Waals surface area contributed by atoms with Crippen LogP contribution in [0.2, 0.25) is 0 Å². The first-order valence-electron chi connectivity index (χ1n) is 7.18. The Bertz CT molecular complexity index is 730. The van der Waals surface area contributed by atoms with Gasteiger partial charge in [0.25, 0.3) is 0 Å². The summed E-state index contributed by atoms with van der Waals surface area (Å²) in [7, 11) is 1.36. The lowest BCUT2D eigenvalue weighted by atomic mass is 10.1. The minimum absolute atomic E-state index is 0.117. The fourth-order valence-corrected chi connectivity index (χ4v) is 3.34. The summed E-state index contributed by atoms with van der Waals surface area (Å²) in [6.07, 6.45) is 0.795. The quantitative estimate of drug-likeness (QED) is 0.276. The highest BCUT2D eigenvalue weighted by molar-refractivity contribution is 8.00. The van der Waals surface area contributed by atoms with Crippen molar-refractivity contribution in [3.63, 3.8) is 0 Å². The van der Waals surface area contributed by atoms with Crippen molar-refractivity contribution >= 4 is 34.2 Å². The molecule has 0 spiro atoms. The molecule has 0 aliphatic rings. The fourth-order valence-electron chi connectivity index (χ4n) is 2.22. The molecule has 2 aromatic carbocycles. The Hall–Kier alpha value is -2.21. The summed E-state index contributed by atoms with van der Waals surface area (Å²) in [6, 6.07) is 11.1. The number of hydrogen-bond acceptors (Lipinski definition) is 6. The number of esters is 1. The van der Waals surface area contributed by atoms with Crippen molar-refractivity contribution in [3.05, 3.63) is 36.4 Å². The van der Waals surface area contributed by atoms with Crippen LogP contribution in [0, 0.1) is 0 Å². The number of phenolic OH excluding ortho intramolecular Hbond substituents is 1. The summed E-state index contributed by atoms with van der Waals surface area (Å²) < 4.78 is 4.66. The van der Waals surface area contributed by atoms with E-state index in [1.165, 1.54) is 18.9 Å². The van der Waals surface area contributed by atoms with Crippen LogP contribution in [0.5, 0.6) is 5.75 Å². The zero-order chi connectivity index (χ0) is 16.8. The molecule has 0 saturated heterocycles. The topological polar surface area (TPSA) is 79.1 Å². The summed E-state index contributed by atoms with van der Waals surface area (Å²) in [5, 5.41) is 23.7. The average Bonchev–Trinajstić information content (AvgIpc) is 2.57. The molecule has 0 aliphatic heterocycles. The van der Waals surface area contributed by atoms with Crippen molar-refractivity contribution in [1.29, 1.82) is 0 Å². The Labute approximate surface area is 139 Å². The fraction of sp³-hybridized carbons (Fsp3) is 0.294. The number of methoxy groups -OCH3 is 1. The monoisotopic (exact) mass is 333 g/mol. The molecular weight excluding hydrogens is 314 g/mol. The lowest BCUT2D eigenvalue weighted by Gasteiger charge is -2.15. The summed E-state index contributed by atoms with van der Waals surface area (Å²) in [5.41, 5.74) is 0.560. The van der Waals surface area contributed by atoms with Gasteiger partial charge in [-0.1, -0.05) is 17.3 Å². The molecule has 0 bridgehead atoms. The van der Waals surface area contributed by atoms with E-state index in [1.807, 2.05) is 24.3 Å². The molecule has 122 valence electrons. The summed E-state index contributed by atoms with van der Waals surface area (Å²) in [5.74, 6) is -0.0487. The number of thioether (sulfide) groups is 1. The number of fused-ring (bicyclic) bond motifs is 1. The van der Waals surface area contributed by atoms with Crippen molar-refractivity contribution in [3.8, 4) is 5.75 Å². The highest BCUT2D eigenvalue weighted by Crippen LogP contribution is 2.31. The number of ether oxygens (including phenoxy) is 1. The molecule has 2 N–H and O–H groups in total. The Kier molecular flexibility index (Phi) is 5.87. The van der Waals surface area contributed by atoms with E-state index in [4.69, 9.17) is 5.21 Å². The molecule has 2 aromatic rings. The number of phenols is 1. The Balaban J connectivity index is 2.18. The van der Waals surface area contributed by atoms with Crippen LogP contribution in [-0.2, 0) is 9.53 Å². The highest BCUT2D eigenvalue weighted by Gasteiger charge is 2.17. The van der Waals surface area contributed by atoms with E-state index >= 15 is 0 Å². The summed E-state index contributed by atoms with van der Waals surface area (Å²) in [4.78, 5) is 12.3. The van der Waals surface area contributed by atoms with E-state index in [0.29, 0.717) is 12.1 Å². The van der Waals surface area contributed by atoms with Gasteiger partial charge in [0.1, 0.15) is 5.75 Å². The van der Waals surface area contributed by atoms with Gasteiger partial charge in [0.15, 0.2) is 0 Å². The molecule has 2 rings (SSSR count). The van der Waals surface area contributed by atoms with E-state index in [1.54, 1.807) is 19.1 Å². The lowest BCUT2D eigenvalue weighted by molar-refractivity contribution is -0.140. The summed E-state index contributed by atoms with van der Waals surface area (Å²) >= 11 is 1.53. The normalized spacial score (nSPS) is 13.0. The first kappa shape index (κ1) is 17.1. The molecule has 1 unspecified atom stereocenters. The smallest absolute Gasteiger partial charge is 0.305 e. The third-order valence-electron chi connectivity index (χ3n) is 3.54. The Morgan fingerprint density at radius 3 is 2.65 bits per heavy atom. The van der Waals surface area contributed by atoms with E-state index in [-0.39, 0.29) is 23.4 Å². The zero-order valence-electron chi connectivity index (χ0n) is 13.0. The molecule has 0 fully saturated rings. The maximum Gasteiger partial charge on any atom is 0.305 e. The number of carbonyl (C=O) groups is 1. The van der Waals surface area contributed by atoms with Crippen LogP contribution >= 0.6 is 11.8 Å². The van der Waals surface area contributed by atoms with E-state index < -0.39 is 0 Å². The second-order valence-corrected chi connectivity index (χ2v) is 6.43. The molecule has 6 heteroatoms. The van der Waals surface area contributed by atoms with E-state index in [9.17, 15) is 9.90 Å². The second-order valence-electron chi connectivity index (χ2n) is 5.16. The number of aromatic hydroxyl groups is 1. The largest absolute Gasteiger partial charge is 0.508 e. The number of nitrogens with zero attached hydrogens (tertiary/aromatic N) is 1. The van der Waals surface area contributed by atoms with Gasteiger partial charge >= 0.3 is 5.97 Å². The van der Waals surface area contributed by atoms with Crippen LogP contribution in [0.3, 0.4) is 0 Å². The van der Waals surface area contributed by atoms with Crippen molar-refractivity contribution < 1.29 is 19.8 Å². The molecule has 0 heterocycles. The number of benzene rings is 2. The van der Waals surface area contributed by atoms with Crippen LogP contribution in [0.4, 0.5) is 0 Å². The zero-order valence-corrected chi connectivity index (χ0v) is 13.8. The summed E-state index contributed by atoms with van der Waals surface area (Å²) in [6.45, 7) is 1.73. The number of hydrogen-bond donors (Lipinski definition) is 2. The molecule has 0 aromatic heterocycles. The van der Waals surface area contributed by atoms with Gasteiger partial charge in [-0.05, 0) is 48.4 Å². The molecule has 5 nitrogen and oxygen atoms in total. The maximum absolute atomic E-state index is 11.3. The van der Waals surface area contributed by atoms with E-state index in [2.05, 4.69) is 9.89 Å². The van der Waals surface area contributed by atoms with Crippen molar-refractivity contribution in [1.82, 2.24) is 0 Å². The number of carbonyl (C=O) groups excluding carboxylic acids is 1. The van der Waals surface area contributed by atoms with Crippen molar-refractivity contribution in [2.45, 2.75) is 29.9 Å². The predicted molar refractivity (Wildman–Crippen MR) is 91.4 cm³/mol. The third kappa shape index (κ3) is 4.63. The Morgan fingerprint density at radius 2 is 1.96 bits per heavy atom. The predicted octanol–water partition coefficient (Wildman–Crippen LogP) is 3.81. The van der Waals surface area contributed by atoms with Crippen molar-refractivity contribution in [2.24, 2.45) is 5.16 Å². The van der Waals surface area contributed by atoms with Crippen LogP contribution < -0.4 is 0 Å². The standard InChI is InChI=1S/C17H19NO4S/c1-11(18-21)16(7-8-17(20)22-2)23-15-6-4-12-9-14(19)5-3-13(12)10-15/h3-6,9-10,16,19,21H,7-8H2,1-2H3/b18-11-. The molecule has 23 heavy (non-hydrogen) atoms. The van der Waals surface area contributed by atoms with Crippen LogP contribution in [0.1, 0.15) is 19.8 Å². The van der Waals surface area contributed by atoms with E-state index in [0.717, 1.165) is 15.7 Å². The van der Waals surface area contributed by atoms with Gasteiger partial charge in [-0.2, -0.15) is 0 Å². The number of oxime groups is 1. The van der Waals surface area contributed by atoms with Crippen LogP contribution in [0.25, 0.3) is 10.8 Å².